The molecule has 33 heavy (non-hydrogen) atoms. The van der Waals surface area contributed by atoms with Crippen LogP contribution in [-0.2, 0) is 6.54 Å². The van der Waals surface area contributed by atoms with Crippen molar-refractivity contribution in [3.05, 3.63) is 87.1 Å². The lowest BCUT2D eigenvalue weighted by atomic mass is 9.93. The summed E-state index contributed by atoms with van der Waals surface area (Å²) in [6.07, 6.45) is 0.347. The molecule has 4 heterocycles. The SMILES string of the molecule is CN(C(=O)c1cc2c(C(F)F)cccn2c1)[C@@H]1CNCc2[nH]c(=O)c3cc(F)c(F)cc3c21. The van der Waals surface area contributed by atoms with E-state index in [1.54, 1.807) is 6.20 Å². The molecule has 0 aliphatic carbocycles. The number of halogens is 4. The van der Waals surface area contributed by atoms with Gasteiger partial charge in [0.1, 0.15) is 0 Å². The lowest BCUT2D eigenvalue weighted by Gasteiger charge is -2.34. The van der Waals surface area contributed by atoms with Crippen LogP contribution in [0.3, 0.4) is 0 Å². The van der Waals surface area contributed by atoms with Gasteiger partial charge in [0.05, 0.1) is 22.5 Å². The average molecular weight is 458 g/mol. The quantitative estimate of drug-likeness (QED) is 0.458. The van der Waals surface area contributed by atoms with Crippen LogP contribution in [0.15, 0.2) is 47.5 Å². The maximum atomic E-state index is 14.1. The molecule has 0 radical (unpaired) electrons. The van der Waals surface area contributed by atoms with Crippen molar-refractivity contribution in [3.63, 3.8) is 0 Å². The van der Waals surface area contributed by atoms with Gasteiger partial charge in [0, 0.05) is 49.4 Å². The van der Waals surface area contributed by atoms with Gasteiger partial charge in [-0.05, 0) is 35.7 Å². The number of carbonyl (C=O) groups excluding carboxylic acids is 1. The van der Waals surface area contributed by atoms with Crippen LogP contribution in [0.2, 0.25) is 0 Å². The maximum Gasteiger partial charge on any atom is 0.265 e. The number of hydrogen-bond donors (Lipinski definition) is 2. The van der Waals surface area contributed by atoms with Crippen molar-refractivity contribution in [1.29, 1.82) is 0 Å². The van der Waals surface area contributed by atoms with E-state index in [4.69, 9.17) is 0 Å². The molecule has 0 saturated heterocycles. The van der Waals surface area contributed by atoms with Crippen molar-refractivity contribution in [3.8, 4) is 0 Å². The van der Waals surface area contributed by atoms with Crippen molar-refractivity contribution < 1.29 is 22.4 Å². The molecule has 0 saturated carbocycles. The largest absolute Gasteiger partial charge is 0.333 e. The summed E-state index contributed by atoms with van der Waals surface area (Å²) in [5.41, 5.74) is 0.649. The van der Waals surface area contributed by atoms with Crippen LogP contribution in [0.5, 0.6) is 0 Å². The molecule has 170 valence electrons. The Kier molecular flexibility index (Phi) is 4.97. The molecule has 1 amide bonds. The number of alkyl halides is 2. The van der Waals surface area contributed by atoms with Gasteiger partial charge in [-0.15, -0.1) is 0 Å². The normalized spacial score (nSPS) is 15.9. The molecule has 0 bridgehead atoms. The smallest absolute Gasteiger partial charge is 0.265 e. The zero-order valence-corrected chi connectivity index (χ0v) is 17.3. The first-order chi connectivity index (χ1) is 15.8. The highest BCUT2D eigenvalue weighted by molar-refractivity contribution is 5.96. The Morgan fingerprint density at radius 2 is 1.91 bits per heavy atom. The number of aromatic amines is 1. The second-order valence-electron chi connectivity index (χ2n) is 8.01. The second kappa shape index (κ2) is 7.73. The lowest BCUT2D eigenvalue weighted by molar-refractivity contribution is 0.0723. The van der Waals surface area contributed by atoms with E-state index in [1.807, 2.05) is 0 Å². The summed E-state index contributed by atoms with van der Waals surface area (Å²) < 4.78 is 56.1. The average Bonchev–Trinajstić information content (AvgIpc) is 3.23. The number of likely N-dealkylation sites (N-methyl/N-ethyl adjacent to an activating group) is 1. The van der Waals surface area contributed by atoms with E-state index in [-0.39, 0.29) is 34.0 Å². The third-order valence-corrected chi connectivity index (χ3v) is 6.09. The monoisotopic (exact) mass is 458 g/mol. The zero-order chi connectivity index (χ0) is 23.4. The topological polar surface area (TPSA) is 69.6 Å². The summed E-state index contributed by atoms with van der Waals surface area (Å²) >= 11 is 0. The van der Waals surface area contributed by atoms with Crippen molar-refractivity contribution in [2.45, 2.75) is 19.0 Å². The first-order valence-electron chi connectivity index (χ1n) is 10.2. The number of rotatable bonds is 3. The maximum absolute atomic E-state index is 14.1. The standard InChI is InChI=1S/C23H18F4N4O2/c1-30(23(33)11-5-18-12(21(26)27)3-2-4-31(18)10-11)19-9-28-8-17-20(19)13-6-15(24)16(25)7-14(13)22(32)29-17/h2-7,10,19,21,28H,8-9H2,1H3,(H,29,32)/t19-/m1/s1. The highest BCUT2D eigenvalue weighted by Crippen LogP contribution is 2.33. The van der Waals surface area contributed by atoms with Crippen LogP contribution in [0.4, 0.5) is 17.6 Å². The molecule has 2 N–H and O–H groups in total. The molecule has 0 fully saturated rings. The zero-order valence-electron chi connectivity index (χ0n) is 17.3. The highest BCUT2D eigenvalue weighted by Gasteiger charge is 2.31. The summed E-state index contributed by atoms with van der Waals surface area (Å²) in [7, 11) is 1.54. The van der Waals surface area contributed by atoms with Gasteiger partial charge in [-0.1, -0.05) is 0 Å². The van der Waals surface area contributed by atoms with E-state index in [0.29, 0.717) is 17.8 Å². The number of H-pyrrole nitrogens is 1. The third-order valence-electron chi connectivity index (χ3n) is 6.09. The van der Waals surface area contributed by atoms with Crippen molar-refractivity contribution in [1.82, 2.24) is 19.6 Å². The van der Waals surface area contributed by atoms with Crippen LogP contribution in [0.1, 0.15) is 39.6 Å². The highest BCUT2D eigenvalue weighted by atomic mass is 19.3. The fourth-order valence-corrected chi connectivity index (χ4v) is 4.48. The van der Waals surface area contributed by atoms with E-state index < -0.39 is 35.6 Å². The minimum absolute atomic E-state index is 0.0171. The van der Waals surface area contributed by atoms with E-state index in [1.165, 1.54) is 40.7 Å². The van der Waals surface area contributed by atoms with Crippen LogP contribution in [-0.4, -0.2) is 33.8 Å². The molecule has 1 atom stereocenters. The van der Waals surface area contributed by atoms with Crippen LogP contribution in [0.25, 0.3) is 16.3 Å². The molecular weight excluding hydrogens is 440 g/mol. The van der Waals surface area contributed by atoms with E-state index in [2.05, 4.69) is 10.3 Å². The van der Waals surface area contributed by atoms with Gasteiger partial charge in [-0.25, -0.2) is 17.6 Å². The van der Waals surface area contributed by atoms with Crippen molar-refractivity contribution >= 4 is 22.2 Å². The molecule has 10 heteroatoms. The van der Waals surface area contributed by atoms with Crippen molar-refractivity contribution in [2.75, 3.05) is 13.6 Å². The van der Waals surface area contributed by atoms with Gasteiger partial charge < -0.3 is 19.6 Å². The molecular formula is C23H18F4N4O2. The van der Waals surface area contributed by atoms with Crippen LogP contribution < -0.4 is 10.9 Å². The molecule has 1 aliphatic rings. The number of carbonyl (C=O) groups is 1. The number of nitrogens with one attached hydrogen (secondary N) is 2. The number of fused-ring (bicyclic) bond motifs is 4. The Labute approximate surface area is 184 Å². The molecule has 3 aromatic heterocycles. The van der Waals surface area contributed by atoms with Gasteiger partial charge in [-0.2, -0.15) is 0 Å². The van der Waals surface area contributed by atoms with Gasteiger partial charge >= 0.3 is 0 Å². The summed E-state index contributed by atoms with van der Waals surface area (Å²) in [5, 5.41) is 3.32. The Morgan fingerprint density at radius 1 is 1.18 bits per heavy atom. The number of aromatic nitrogens is 2. The number of benzene rings is 1. The predicted octanol–water partition coefficient (Wildman–Crippen LogP) is 3.91. The van der Waals surface area contributed by atoms with E-state index in [0.717, 1.165) is 12.1 Å². The summed E-state index contributed by atoms with van der Waals surface area (Å²) in [6.45, 7) is 0.580. The van der Waals surface area contributed by atoms with E-state index >= 15 is 0 Å². The number of nitrogens with zero attached hydrogens (tertiary/aromatic N) is 2. The van der Waals surface area contributed by atoms with Gasteiger partial charge in [-0.3, -0.25) is 9.59 Å². The van der Waals surface area contributed by atoms with E-state index in [9.17, 15) is 27.2 Å². The second-order valence-corrected chi connectivity index (χ2v) is 8.01. The summed E-state index contributed by atoms with van der Waals surface area (Å²) in [6, 6.07) is 5.37. The molecule has 4 aromatic rings. The number of amides is 1. The molecule has 0 spiro atoms. The molecule has 1 aromatic carbocycles. The van der Waals surface area contributed by atoms with Crippen LogP contribution >= 0.6 is 0 Å². The minimum Gasteiger partial charge on any atom is -0.333 e. The Hall–Kier alpha value is -3.66. The molecule has 6 nitrogen and oxygen atoms in total. The Bertz CT molecular complexity index is 1480. The molecule has 5 rings (SSSR count). The van der Waals surface area contributed by atoms with Crippen molar-refractivity contribution in [2.24, 2.45) is 0 Å². The van der Waals surface area contributed by atoms with Gasteiger partial charge in [0.15, 0.2) is 11.6 Å². The lowest BCUT2D eigenvalue weighted by Crippen LogP contribution is -2.42. The fraction of sp³-hybridized carbons (Fsp3) is 0.217. The third kappa shape index (κ3) is 3.37. The number of pyridine rings is 2. The van der Waals surface area contributed by atoms with Gasteiger partial charge in [0.2, 0.25) is 0 Å². The Balaban J connectivity index is 1.60. The summed E-state index contributed by atoms with van der Waals surface area (Å²) in [4.78, 5) is 29.8. The summed E-state index contributed by atoms with van der Waals surface area (Å²) in [5.74, 6) is -2.68. The van der Waals surface area contributed by atoms with Gasteiger partial charge in [0.25, 0.3) is 17.9 Å². The number of hydrogen-bond acceptors (Lipinski definition) is 3. The molecule has 1 aliphatic heterocycles. The molecule has 0 unspecified atom stereocenters. The van der Waals surface area contributed by atoms with Crippen LogP contribution in [0, 0.1) is 11.6 Å². The fourth-order valence-electron chi connectivity index (χ4n) is 4.48. The minimum atomic E-state index is -2.70. The first kappa shape index (κ1) is 21.2. The Morgan fingerprint density at radius 3 is 2.64 bits per heavy atom. The predicted molar refractivity (Wildman–Crippen MR) is 113 cm³/mol. The first-order valence-corrected chi connectivity index (χ1v) is 10.2.